The summed E-state index contributed by atoms with van der Waals surface area (Å²) in [5.41, 5.74) is 3.56. The van der Waals surface area contributed by atoms with Crippen molar-refractivity contribution in [3.8, 4) is 0 Å². The van der Waals surface area contributed by atoms with Gasteiger partial charge in [-0.2, -0.15) is 0 Å². The van der Waals surface area contributed by atoms with E-state index in [0.29, 0.717) is 11.3 Å². The van der Waals surface area contributed by atoms with E-state index < -0.39 is 0 Å². The van der Waals surface area contributed by atoms with Gasteiger partial charge in [0, 0.05) is 12.6 Å². The first-order valence-electron chi connectivity index (χ1n) is 8.52. The van der Waals surface area contributed by atoms with Crippen LogP contribution in [0.1, 0.15) is 75.8 Å². The normalized spacial score (nSPS) is 24.9. The van der Waals surface area contributed by atoms with Crippen molar-refractivity contribution < 1.29 is 0 Å². The van der Waals surface area contributed by atoms with Crippen molar-refractivity contribution in [2.24, 2.45) is 5.41 Å². The monoisotopic (exact) mass is 271 g/mol. The molecule has 1 spiro atoms. The van der Waals surface area contributed by atoms with Crippen molar-refractivity contribution in [2.75, 3.05) is 0 Å². The van der Waals surface area contributed by atoms with E-state index in [0.717, 1.165) is 12.6 Å². The molecular weight excluding hydrogens is 242 g/mol. The Kier molecular flexibility index (Phi) is 4.16. The molecule has 0 saturated heterocycles. The molecule has 0 heterocycles. The summed E-state index contributed by atoms with van der Waals surface area (Å²) in [4.78, 5) is 0. The van der Waals surface area contributed by atoms with E-state index in [1.165, 1.54) is 56.1 Å². The summed E-state index contributed by atoms with van der Waals surface area (Å²) < 4.78 is 0. The summed E-state index contributed by atoms with van der Waals surface area (Å²) in [6.07, 6.45) is 10.2. The molecule has 2 saturated carbocycles. The molecule has 110 valence electrons. The first-order valence-corrected chi connectivity index (χ1v) is 8.52. The third-order valence-corrected chi connectivity index (χ3v) is 5.72. The van der Waals surface area contributed by atoms with Crippen LogP contribution in [0.5, 0.6) is 0 Å². The zero-order valence-corrected chi connectivity index (χ0v) is 13.1. The lowest BCUT2D eigenvalue weighted by atomic mass is 9.57. The number of hydrogen-bond donors (Lipinski definition) is 1. The van der Waals surface area contributed by atoms with E-state index >= 15 is 0 Å². The summed E-state index contributed by atoms with van der Waals surface area (Å²) in [6.45, 7) is 5.56. The van der Waals surface area contributed by atoms with Crippen molar-refractivity contribution in [3.63, 3.8) is 0 Å². The second-order valence-electron chi connectivity index (χ2n) is 7.29. The Bertz CT molecular complexity index is 426. The highest BCUT2D eigenvalue weighted by molar-refractivity contribution is 5.24. The van der Waals surface area contributed by atoms with Gasteiger partial charge in [0.05, 0.1) is 0 Å². The minimum absolute atomic E-state index is 0.633. The molecule has 0 amide bonds. The molecule has 1 nitrogen and oxygen atoms in total. The van der Waals surface area contributed by atoms with Crippen LogP contribution >= 0.6 is 0 Å². The van der Waals surface area contributed by atoms with Gasteiger partial charge in [-0.05, 0) is 48.1 Å². The lowest BCUT2D eigenvalue weighted by Crippen LogP contribution is -2.53. The topological polar surface area (TPSA) is 12.0 Å². The minimum atomic E-state index is 0.633. The van der Waals surface area contributed by atoms with Gasteiger partial charge in [0.2, 0.25) is 0 Å². The molecule has 2 aliphatic carbocycles. The largest absolute Gasteiger partial charge is 0.309 e. The van der Waals surface area contributed by atoms with Crippen LogP contribution in [0.2, 0.25) is 0 Å². The predicted molar refractivity (Wildman–Crippen MR) is 85.9 cm³/mol. The summed E-state index contributed by atoms with van der Waals surface area (Å²) in [7, 11) is 0. The van der Waals surface area contributed by atoms with E-state index in [-0.39, 0.29) is 0 Å². The van der Waals surface area contributed by atoms with Gasteiger partial charge in [0.1, 0.15) is 0 Å². The fraction of sp³-hybridized carbons (Fsp3) is 0.684. The fourth-order valence-electron chi connectivity index (χ4n) is 4.13. The van der Waals surface area contributed by atoms with Gasteiger partial charge in [-0.3, -0.25) is 0 Å². The summed E-state index contributed by atoms with van der Waals surface area (Å²) in [6, 6.07) is 9.97. The van der Waals surface area contributed by atoms with Crippen LogP contribution in [-0.2, 0) is 6.54 Å². The molecule has 1 aromatic rings. The SMILES string of the molecule is CC(C)c1ccc(CNC2CCC23CCCCC3)cc1. The van der Waals surface area contributed by atoms with Crippen molar-refractivity contribution in [1.82, 2.24) is 5.32 Å². The average molecular weight is 271 g/mol. The smallest absolute Gasteiger partial charge is 0.0208 e. The molecule has 1 heteroatoms. The van der Waals surface area contributed by atoms with Gasteiger partial charge in [-0.1, -0.05) is 57.4 Å². The Morgan fingerprint density at radius 3 is 2.30 bits per heavy atom. The second-order valence-corrected chi connectivity index (χ2v) is 7.29. The lowest BCUT2D eigenvalue weighted by Gasteiger charge is -2.52. The zero-order chi connectivity index (χ0) is 14.0. The molecule has 0 aromatic heterocycles. The number of nitrogens with one attached hydrogen (secondary N) is 1. The number of benzene rings is 1. The molecule has 3 rings (SSSR count). The first kappa shape index (κ1) is 14.1. The summed E-state index contributed by atoms with van der Waals surface area (Å²) >= 11 is 0. The van der Waals surface area contributed by atoms with Crippen LogP contribution in [-0.4, -0.2) is 6.04 Å². The van der Waals surface area contributed by atoms with Gasteiger partial charge in [-0.15, -0.1) is 0 Å². The van der Waals surface area contributed by atoms with Gasteiger partial charge in [-0.25, -0.2) is 0 Å². The molecule has 0 aliphatic heterocycles. The van der Waals surface area contributed by atoms with E-state index in [2.05, 4.69) is 43.4 Å². The maximum Gasteiger partial charge on any atom is 0.0208 e. The van der Waals surface area contributed by atoms with Crippen molar-refractivity contribution in [1.29, 1.82) is 0 Å². The van der Waals surface area contributed by atoms with Crippen molar-refractivity contribution >= 4 is 0 Å². The number of rotatable bonds is 4. The van der Waals surface area contributed by atoms with Crippen LogP contribution in [0.15, 0.2) is 24.3 Å². The second kappa shape index (κ2) is 5.89. The van der Waals surface area contributed by atoms with Gasteiger partial charge in [0.15, 0.2) is 0 Å². The fourth-order valence-corrected chi connectivity index (χ4v) is 4.13. The van der Waals surface area contributed by atoms with Gasteiger partial charge in [0.25, 0.3) is 0 Å². The van der Waals surface area contributed by atoms with Crippen molar-refractivity contribution in [2.45, 2.75) is 77.3 Å². The molecule has 0 bridgehead atoms. The third kappa shape index (κ3) is 2.79. The van der Waals surface area contributed by atoms with E-state index in [1.54, 1.807) is 0 Å². The van der Waals surface area contributed by atoms with E-state index in [1.807, 2.05) is 0 Å². The zero-order valence-electron chi connectivity index (χ0n) is 13.1. The molecule has 1 atom stereocenters. The maximum absolute atomic E-state index is 3.84. The molecule has 1 N–H and O–H groups in total. The van der Waals surface area contributed by atoms with Crippen LogP contribution < -0.4 is 5.32 Å². The van der Waals surface area contributed by atoms with Crippen LogP contribution in [0.25, 0.3) is 0 Å². The Hall–Kier alpha value is -0.820. The molecular formula is C19H29N. The minimum Gasteiger partial charge on any atom is -0.309 e. The summed E-state index contributed by atoms with van der Waals surface area (Å²) in [5, 5.41) is 3.84. The Labute approximate surface area is 124 Å². The predicted octanol–water partition coefficient (Wildman–Crippen LogP) is 5.01. The van der Waals surface area contributed by atoms with E-state index in [4.69, 9.17) is 0 Å². The van der Waals surface area contributed by atoms with Crippen LogP contribution in [0, 0.1) is 5.41 Å². The first-order chi connectivity index (χ1) is 9.70. The van der Waals surface area contributed by atoms with Crippen LogP contribution in [0.4, 0.5) is 0 Å². The van der Waals surface area contributed by atoms with Gasteiger partial charge >= 0.3 is 0 Å². The Morgan fingerprint density at radius 2 is 1.75 bits per heavy atom. The summed E-state index contributed by atoms with van der Waals surface area (Å²) in [5.74, 6) is 0.633. The highest BCUT2D eigenvalue weighted by Gasteiger charge is 2.46. The number of hydrogen-bond acceptors (Lipinski definition) is 1. The molecule has 1 aromatic carbocycles. The standard InChI is InChI=1S/C19H29N/c1-15(2)17-8-6-16(7-9-17)14-20-18-10-13-19(18)11-4-3-5-12-19/h6-9,15,18,20H,3-5,10-14H2,1-2H3. The highest BCUT2D eigenvalue weighted by Crippen LogP contribution is 2.51. The molecule has 20 heavy (non-hydrogen) atoms. The molecule has 1 unspecified atom stereocenters. The molecule has 2 fully saturated rings. The lowest BCUT2D eigenvalue weighted by molar-refractivity contribution is 0.0221. The Balaban J connectivity index is 1.54. The Morgan fingerprint density at radius 1 is 1.05 bits per heavy atom. The molecule has 2 aliphatic rings. The van der Waals surface area contributed by atoms with E-state index in [9.17, 15) is 0 Å². The van der Waals surface area contributed by atoms with Crippen LogP contribution in [0.3, 0.4) is 0 Å². The molecule has 0 radical (unpaired) electrons. The third-order valence-electron chi connectivity index (χ3n) is 5.72. The quantitative estimate of drug-likeness (QED) is 0.811. The average Bonchev–Trinajstić information content (AvgIpc) is 2.47. The van der Waals surface area contributed by atoms with Gasteiger partial charge < -0.3 is 5.32 Å². The van der Waals surface area contributed by atoms with Crippen molar-refractivity contribution in [3.05, 3.63) is 35.4 Å². The highest BCUT2D eigenvalue weighted by atomic mass is 15.0. The maximum atomic E-state index is 3.84.